The minimum Gasteiger partial charge on any atom is -0.496 e. The number of fused-ring (bicyclic) bond motifs is 1. The van der Waals surface area contributed by atoms with Crippen molar-refractivity contribution in [2.45, 2.75) is 70.2 Å². The van der Waals surface area contributed by atoms with Gasteiger partial charge < -0.3 is 70.2 Å². The molecule has 9 amide bonds. The first kappa shape index (κ1) is 84.6. The summed E-state index contributed by atoms with van der Waals surface area (Å²) in [7, 11) is 2.91. The normalized spacial score (nSPS) is 11.9. The van der Waals surface area contributed by atoms with Crippen LogP contribution in [-0.4, -0.2) is 205 Å². The molecule has 0 bridgehead atoms. The highest BCUT2D eigenvalue weighted by atomic mass is 16.7. The van der Waals surface area contributed by atoms with E-state index in [-0.39, 0.29) is 58.5 Å². The van der Waals surface area contributed by atoms with Gasteiger partial charge in [-0.05, 0) is 108 Å². The smallest absolute Gasteiger partial charge is 0.243 e. The molecule has 0 fully saturated rings. The van der Waals surface area contributed by atoms with E-state index in [4.69, 9.17) is 25.7 Å². The second-order valence-corrected chi connectivity index (χ2v) is 28.5. The number of likely N-dealkylation sites (N-methyl/N-ethyl adjacent to an activating group) is 1. The largest absolute Gasteiger partial charge is 0.496 e. The molecule has 1 aliphatic heterocycles. The summed E-state index contributed by atoms with van der Waals surface area (Å²) < 4.78 is 16.9. The van der Waals surface area contributed by atoms with E-state index in [2.05, 4.69) is 5.32 Å². The van der Waals surface area contributed by atoms with E-state index in [9.17, 15) is 19.2 Å². The Bertz CT molecular complexity index is 4630. The number of primary amides is 1. The minimum absolute atomic E-state index is 0.00949. The third-order valence-corrected chi connectivity index (χ3v) is 20.5. The van der Waals surface area contributed by atoms with E-state index >= 15 is 28.8 Å². The summed E-state index contributed by atoms with van der Waals surface area (Å²) in [5, 5.41) is 3.21. The summed E-state index contributed by atoms with van der Waals surface area (Å²) in [5.41, 5.74) is 18.9. The van der Waals surface area contributed by atoms with Gasteiger partial charge in [0.15, 0.2) is 17.8 Å². The molecule has 0 aromatic heterocycles. The third kappa shape index (κ3) is 24.4. The summed E-state index contributed by atoms with van der Waals surface area (Å²) in [6.07, 6.45) is 1.60. The Kier molecular flexibility index (Phi) is 31.5. The Morgan fingerprint density at radius 1 is 0.426 bits per heavy atom. The first-order chi connectivity index (χ1) is 55.8. The standard InChI is InChI=1S/C91H101N11O13/c1-66(71-30-14-6-15-31-71)101(62-88(109)97(56-83(93)104)52-68-28-12-5-13-29-68)90(111)60-98(53-70-43-45-80-82(49-70)115-65-114-80)89(110)63-102(67(2)72-32-16-7-17-33-72)91(112)61-100(55-79(75-38-22-10-23-39-75)76-40-24-11-25-41-76)86(107)57-95(3)85(106)58-96(47-27-26-46-92)87(108)59-99(54-78(73-34-18-8-19-35-73)74-36-20-9-21-37-74)84(105)51-94-50-69-42-44-77(64-103)81(48-69)113-4/h5-25,28-45,48-49,64,66-67,78-79,94H,26-27,46-47,50-63,65,92H2,1-4H3,(H2,93,104)/t66-,67-/m0/s1. The highest BCUT2D eigenvalue weighted by Gasteiger charge is 2.36. The molecule has 115 heavy (non-hydrogen) atoms. The zero-order chi connectivity index (χ0) is 81.6. The summed E-state index contributed by atoms with van der Waals surface area (Å²) in [6, 6.07) is 74.0. The van der Waals surface area contributed by atoms with Crippen molar-refractivity contribution in [3.8, 4) is 17.2 Å². The molecule has 10 rings (SSSR count). The number of benzene rings is 9. The maximum Gasteiger partial charge on any atom is 0.243 e. The quantitative estimate of drug-likeness (QED) is 0.0237. The van der Waals surface area contributed by atoms with Crippen LogP contribution in [0.5, 0.6) is 17.2 Å². The fourth-order valence-corrected chi connectivity index (χ4v) is 14.0. The second kappa shape index (κ2) is 42.7. The number of methoxy groups -OCH3 is 1. The van der Waals surface area contributed by atoms with Crippen LogP contribution >= 0.6 is 0 Å². The van der Waals surface area contributed by atoms with Crippen LogP contribution in [0.2, 0.25) is 0 Å². The van der Waals surface area contributed by atoms with Crippen molar-refractivity contribution in [3.63, 3.8) is 0 Å². The zero-order valence-corrected chi connectivity index (χ0v) is 65.5. The molecule has 9 aromatic carbocycles. The van der Waals surface area contributed by atoms with Crippen LogP contribution in [0.3, 0.4) is 0 Å². The van der Waals surface area contributed by atoms with Gasteiger partial charge in [-0.25, -0.2) is 0 Å². The molecule has 24 nitrogen and oxygen atoms in total. The fourth-order valence-electron chi connectivity index (χ4n) is 14.0. The zero-order valence-electron chi connectivity index (χ0n) is 65.5. The van der Waals surface area contributed by atoms with Crippen molar-refractivity contribution in [2.24, 2.45) is 11.5 Å². The van der Waals surface area contributed by atoms with Gasteiger partial charge in [-0.15, -0.1) is 0 Å². The topological polar surface area (TPSA) is 288 Å². The summed E-state index contributed by atoms with van der Waals surface area (Å²) in [5.74, 6) is -5.22. The Morgan fingerprint density at radius 2 is 0.835 bits per heavy atom. The number of hydrogen-bond donors (Lipinski definition) is 3. The lowest BCUT2D eigenvalue weighted by Gasteiger charge is -2.36. The van der Waals surface area contributed by atoms with Crippen LogP contribution in [0.4, 0.5) is 0 Å². The molecular weight excluding hydrogens is 1460 g/mol. The van der Waals surface area contributed by atoms with E-state index in [0.29, 0.717) is 70.7 Å². The number of nitrogens with two attached hydrogens (primary N) is 2. The number of amides is 9. The Morgan fingerprint density at radius 3 is 1.31 bits per heavy atom. The molecule has 1 heterocycles. The number of aldehydes is 1. The number of carbonyl (C=O) groups is 10. The number of unbranched alkanes of at least 4 members (excludes halogenated alkanes) is 1. The third-order valence-electron chi connectivity index (χ3n) is 20.5. The molecule has 0 radical (unpaired) electrons. The van der Waals surface area contributed by atoms with Crippen molar-refractivity contribution in [1.29, 1.82) is 0 Å². The number of ether oxygens (including phenoxy) is 3. The first-order valence-corrected chi connectivity index (χ1v) is 38.5. The molecule has 0 unspecified atom stereocenters. The molecule has 24 heteroatoms. The number of carbonyl (C=O) groups excluding carboxylic acids is 10. The summed E-state index contributed by atoms with van der Waals surface area (Å²) in [6.45, 7) is -0.657. The monoisotopic (exact) mass is 1560 g/mol. The van der Waals surface area contributed by atoms with E-state index in [1.165, 1.54) is 53.4 Å². The average Bonchev–Trinajstić information content (AvgIpc) is 1.47. The first-order valence-electron chi connectivity index (χ1n) is 38.5. The average molecular weight is 1560 g/mol. The number of rotatable bonds is 42. The van der Waals surface area contributed by atoms with Gasteiger partial charge in [0.05, 0.1) is 64.0 Å². The molecule has 2 atom stereocenters. The van der Waals surface area contributed by atoms with Gasteiger partial charge in [-0.3, -0.25) is 47.9 Å². The SMILES string of the molecule is COc1cc(CNCC(=O)N(CC(=O)N(CCCCN)CC(=O)N(C)CC(=O)N(CC(=O)N(CC(=O)N(CC(=O)N(CC(=O)N(CC(N)=O)Cc2ccccc2)[C@@H](C)c2ccccc2)Cc2ccc3c(c2)OCO3)[C@@H](C)c2ccccc2)CC(c2ccccc2)c2ccccc2)CC(c2ccccc2)c2ccccc2)ccc1C=O. The predicted molar refractivity (Wildman–Crippen MR) is 437 cm³/mol. The lowest BCUT2D eigenvalue weighted by molar-refractivity contribution is -0.150. The van der Waals surface area contributed by atoms with Crippen molar-refractivity contribution in [1.82, 2.24) is 44.5 Å². The van der Waals surface area contributed by atoms with E-state index in [1.54, 1.807) is 98.8 Å². The van der Waals surface area contributed by atoms with Crippen molar-refractivity contribution >= 4 is 59.5 Å². The lowest BCUT2D eigenvalue weighted by Crippen LogP contribution is -2.53. The second-order valence-electron chi connectivity index (χ2n) is 28.5. The van der Waals surface area contributed by atoms with Gasteiger partial charge in [0.2, 0.25) is 60.0 Å². The summed E-state index contributed by atoms with van der Waals surface area (Å²) in [4.78, 5) is 158. The molecule has 9 aromatic rings. The Hall–Kier alpha value is -12.8. The van der Waals surface area contributed by atoms with Crippen LogP contribution in [0.25, 0.3) is 0 Å². The van der Waals surface area contributed by atoms with Gasteiger partial charge in [0, 0.05) is 58.2 Å². The Balaban J connectivity index is 0.948. The van der Waals surface area contributed by atoms with Crippen LogP contribution in [0.1, 0.15) is 111 Å². The van der Waals surface area contributed by atoms with Gasteiger partial charge >= 0.3 is 0 Å². The van der Waals surface area contributed by atoms with Crippen LogP contribution in [0, 0.1) is 0 Å². The fraction of sp³-hybridized carbons (Fsp3) is 0.297. The van der Waals surface area contributed by atoms with Gasteiger partial charge in [-0.1, -0.05) is 224 Å². The van der Waals surface area contributed by atoms with Crippen LogP contribution < -0.4 is 31.0 Å². The van der Waals surface area contributed by atoms with E-state index in [1.807, 2.05) is 164 Å². The lowest BCUT2D eigenvalue weighted by atomic mass is 9.90. The molecule has 1 aliphatic rings. The van der Waals surface area contributed by atoms with E-state index in [0.717, 1.165) is 27.8 Å². The number of hydrogen-bond acceptors (Lipinski definition) is 15. The maximum absolute atomic E-state index is 16.0. The predicted octanol–water partition coefficient (Wildman–Crippen LogP) is 9.40. The highest BCUT2D eigenvalue weighted by molar-refractivity contribution is 5.94. The molecule has 0 aliphatic carbocycles. The highest BCUT2D eigenvalue weighted by Crippen LogP contribution is 2.34. The van der Waals surface area contributed by atoms with Gasteiger partial charge in [0.25, 0.3) is 0 Å². The number of nitrogens with zero attached hydrogens (tertiary/aromatic N) is 8. The van der Waals surface area contributed by atoms with Crippen LogP contribution in [-0.2, 0) is 62.8 Å². The van der Waals surface area contributed by atoms with Gasteiger partial charge in [-0.2, -0.15) is 0 Å². The molecule has 0 spiro atoms. The number of nitrogens with one attached hydrogen (secondary N) is 1. The van der Waals surface area contributed by atoms with Crippen molar-refractivity contribution in [2.75, 3.05) is 106 Å². The minimum atomic E-state index is -0.848. The maximum atomic E-state index is 16.0. The van der Waals surface area contributed by atoms with Crippen molar-refractivity contribution in [3.05, 3.63) is 304 Å². The van der Waals surface area contributed by atoms with E-state index < -0.39 is 124 Å². The molecule has 0 saturated carbocycles. The molecule has 0 saturated heterocycles. The van der Waals surface area contributed by atoms with Crippen molar-refractivity contribution < 1.29 is 62.2 Å². The Labute approximate surface area is 672 Å². The van der Waals surface area contributed by atoms with Gasteiger partial charge in [0.1, 0.15) is 25.4 Å². The summed E-state index contributed by atoms with van der Waals surface area (Å²) >= 11 is 0. The molecule has 598 valence electrons. The van der Waals surface area contributed by atoms with Crippen LogP contribution in [0.15, 0.2) is 249 Å². The molecular formula is C91H101N11O13. The molecule has 5 N–H and O–H groups in total.